The van der Waals surface area contributed by atoms with Crippen LogP contribution in [0.4, 0.5) is 5.82 Å². The Morgan fingerprint density at radius 2 is 1.89 bits per heavy atom. The number of benzene rings is 1. The van der Waals surface area contributed by atoms with E-state index in [-0.39, 0.29) is 0 Å². The van der Waals surface area contributed by atoms with Crippen LogP contribution in [0.3, 0.4) is 0 Å². The lowest BCUT2D eigenvalue weighted by atomic mass is 10.1. The molecule has 1 aromatic heterocycles. The topological polar surface area (TPSA) is 17.2 Å². The van der Waals surface area contributed by atoms with Crippen LogP contribution in [0, 0.1) is 6.57 Å². The fourth-order valence-electron chi connectivity index (χ4n) is 1.64. The van der Waals surface area contributed by atoms with E-state index in [0.717, 1.165) is 23.6 Å². The van der Waals surface area contributed by atoms with Gasteiger partial charge in [0.05, 0.1) is 0 Å². The molecular weight excluding hydrogens is 240 g/mol. The standard InChI is InChI=1S/C15H14N2S/c1-16-14-10-5-11-15(17-14)18-12-6-9-13-7-3-2-4-8-13/h2-5,7-8,10-11H,6,9,12H2. The first-order valence-electron chi connectivity index (χ1n) is 5.90. The molecule has 0 amide bonds. The Labute approximate surface area is 112 Å². The molecular formula is C15H14N2S. The maximum absolute atomic E-state index is 6.92. The molecule has 90 valence electrons. The zero-order valence-electron chi connectivity index (χ0n) is 10.0. The quantitative estimate of drug-likeness (QED) is 0.448. The van der Waals surface area contributed by atoms with E-state index in [1.165, 1.54) is 5.56 Å². The predicted molar refractivity (Wildman–Crippen MR) is 76.0 cm³/mol. The molecule has 0 N–H and O–H groups in total. The van der Waals surface area contributed by atoms with Gasteiger partial charge in [0.25, 0.3) is 5.82 Å². The van der Waals surface area contributed by atoms with Crippen LogP contribution in [0.1, 0.15) is 12.0 Å². The molecule has 18 heavy (non-hydrogen) atoms. The third kappa shape index (κ3) is 3.90. The van der Waals surface area contributed by atoms with Gasteiger partial charge in [0.2, 0.25) is 0 Å². The number of hydrogen-bond donors (Lipinski definition) is 0. The minimum atomic E-state index is 0.475. The Morgan fingerprint density at radius 3 is 2.67 bits per heavy atom. The third-order valence-corrected chi connectivity index (χ3v) is 3.54. The Hall–Kier alpha value is -1.79. The fraction of sp³-hybridized carbons (Fsp3) is 0.200. The molecule has 1 aromatic carbocycles. The van der Waals surface area contributed by atoms with Crippen molar-refractivity contribution >= 4 is 17.6 Å². The normalized spacial score (nSPS) is 9.94. The molecule has 0 radical (unpaired) electrons. The van der Waals surface area contributed by atoms with Gasteiger partial charge in [-0.3, -0.25) is 0 Å². The van der Waals surface area contributed by atoms with Crippen LogP contribution in [0.15, 0.2) is 53.6 Å². The Kier molecular flexibility index (Phi) is 4.80. The van der Waals surface area contributed by atoms with E-state index in [2.05, 4.69) is 34.1 Å². The van der Waals surface area contributed by atoms with Gasteiger partial charge in [-0.15, -0.1) is 4.98 Å². The van der Waals surface area contributed by atoms with Crippen LogP contribution in [-0.2, 0) is 6.42 Å². The summed E-state index contributed by atoms with van der Waals surface area (Å²) < 4.78 is 0. The van der Waals surface area contributed by atoms with Gasteiger partial charge >= 0.3 is 0 Å². The van der Waals surface area contributed by atoms with Crippen molar-refractivity contribution in [1.82, 2.24) is 4.98 Å². The zero-order valence-corrected chi connectivity index (χ0v) is 10.9. The average Bonchev–Trinajstić information content (AvgIpc) is 2.45. The highest BCUT2D eigenvalue weighted by Crippen LogP contribution is 2.20. The van der Waals surface area contributed by atoms with Gasteiger partial charge in [-0.25, -0.2) is 0 Å². The van der Waals surface area contributed by atoms with Crippen molar-refractivity contribution in [3.63, 3.8) is 0 Å². The Balaban J connectivity index is 1.77. The molecule has 2 nitrogen and oxygen atoms in total. The molecule has 0 aliphatic carbocycles. The van der Waals surface area contributed by atoms with E-state index in [1.54, 1.807) is 17.8 Å². The first-order chi connectivity index (χ1) is 8.88. The summed E-state index contributed by atoms with van der Waals surface area (Å²) in [4.78, 5) is 7.58. The van der Waals surface area contributed by atoms with Crippen molar-refractivity contribution in [3.05, 3.63) is 65.5 Å². The van der Waals surface area contributed by atoms with Gasteiger partial charge in [0, 0.05) is 5.75 Å². The summed E-state index contributed by atoms with van der Waals surface area (Å²) in [6.45, 7) is 6.92. The van der Waals surface area contributed by atoms with Gasteiger partial charge < -0.3 is 4.85 Å². The van der Waals surface area contributed by atoms with Crippen LogP contribution >= 0.6 is 11.8 Å². The predicted octanol–water partition coefficient (Wildman–Crippen LogP) is 4.36. The monoisotopic (exact) mass is 254 g/mol. The lowest BCUT2D eigenvalue weighted by molar-refractivity contribution is 0.931. The van der Waals surface area contributed by atoms with Gasteiger partial charge in [-0.2, -0.15) is 0 Å². The smallest absolute Gasteiger partial charge is 0.270 e. The highest BCUT2D eigenvalue weighted by Gasteiger charge is 2.01. The molecule has 0 spiro atoms. The van der Waals surface area contributed by atoms with Crippen LogP contribution in [-0.4, -0.2) is 10.7 Å². The van der Waals surface area contributed by atoms with Crippen molar-refractivity contribution in [1.29, 1.82) is 0 Å². The lowest BCUT2D eigenvalue weighted by Gasteiger charge is -2.00. The minimum absolute atomic E-state index is 0.475. The van der Waals surface area contributed by atoms with Crippen LogP contribution < -0.4 is 0 Å². The van der Waals surface area contributed by atoms with Crippen LogP contribution in [0.5, 0.6) is 0 Å². The second-order valence-electron chi connectivity index (χ2n) is 3.88. The summed E-state index contributed by atoms with van der Waals surface area (Å²) in [5, 5.41) is 0.941. The van der Waals surface area contributed by atoms with E-state index in [1.807, 2.05) is 18.2 Å². The molecule has 1 heterocycles. The van der Waals surface area contributed by atoms with E-state index in [0.29, 0.717) is 5.82 Å². The fourth-order valence-corrected chi connectivity index (χ4v) is 2.47. The van der Waals surface area contributed by atoms with Crippen LogP contribution in [0.25, 0.3) is 4.85 Å². The maximum atomic E-state index is 6.92. The maximum Gasteiger partial charge on any atom is 0.270 e. The van der Waals surface area contributed by atoms with Crippen molar-refractivity contribution in [2.75, 3.05) is 5.75 Å². The number of nitrogens with zero attached hydrogens (tertiary/aromatic N) is 2. The number of hydrogen-bond acceptors (Lipinski definition) is 2. The summed E-state index contributed by atoms with van der Waals surface area (Å²) in [5.41, 5.74) is 1.38. The highest BCUT2D eigenvalue weighted by molar-refractivity contribution is 7.99. The van der Waals surface area contributed by atoms with E-state index in [4.69, 9.17) is 6.57 Å². The second kappa shape index (κ2) is 6.83. The third-order valence-electron chi connectivity index (χ3n) is 2.53. The number of pyridine rings is 1. The van der Waals surface area contributed by atoms with Gasteiger partial charge in [-0.05, 0) is 30.5 Å². The molecule has 2 rings (SSSR count). The number of thioether (sulfide) groups is 1. The van der Waals surface area contributed by atoms with Gasteiger partial charge in [0.1, 0.15) is 0 Å². The Morgan fingerprint density at radius 1 is 1.06 bits per heavy atom. The summed E-state index contributed by atoms with van der Waals surface area (Å²) >= 11 is 1.71. The second-order valence-corrected chi connectivity index (χ2v) is 5.00. The van der Waals surface area contributed by atoms with E-state index >= 15 is 0 Å². The zero-order chi connectivity index (χ0) is 12.6. The molecule has 0 atom stereocenters. The van der Waals surface area contributed by atoms with Gasteiger partial charge in [0.15, 0.2) is 5.03 Å². The van der Waals surface area contributed by atoms with Crippen molar-refractivity contribution in [3.8, 4) is 0 Å². The van der Waals surface area contributed by atoms with Crippen molar-refractivity contribution in [2.24, 2.45) is 0 Å². The van der Waals surface area contributed by atoms with Crippen LogP contribution in [0.2, 0.25) is 0 Å². The van der Waals surface area contributed by atoms with Crippen molar-refractivity contribution < 1.29 is 0 Å². The molecule has 3 heteroatoms. The molecule has 0 unspecified atom stereocenters. The minimum Gasteiger partial charge on any atom is -0.361 e. The Bertz CT molecular complexity index is 532. The molecule has 0 aliphatic rings. The summed E-state index contributed by atoms with van der Waals surface area (Å²) in [6.07, 6.45) is 2.22. The number of aromatic nitrogens is 1. The highest BCUT2D eigenvalue weighted by atomic mass is 32.2. The van der Waals surface area contributed by atoms with Gasteiger partial charge in [-0.1, -0.05) is 54.7 Å². The average molecular weight is 254 g/mol. The molecule has 0 saturated carbocycles. The van der Waals surface area contributed by atoms with E-state index < -0.39 is 0 Å². The molecule has 2 aromatic rings. The molecule has 0 aliphatic heterocycles. The number of aryl methyl sites for hydroxylation is 1. The SMILES string of the molecule is [C-]#[N+]c1cccc(SCCCc2ccccc2)n1. The lowest BCUT2D eigenvalue weighted by Crippen LogP contribution is -1.88. The number of rotatable bonds is 5. The first kappa shape index (κ1) is 12.7. The molecule has 0 fully saturated rings. The first-order valence-corrected chi connectivity index (χ1v) is 6.88. The summed E-state index contributed by atoms with van der Waals surface area (Å²) in [6, 6.07) is 16.1. The summed E-state index contributed by atoms with van der Waals surface area (Å²) in [5.74, 6) is 1.51. The summed E-state index contributed by atoms with van der Waals surface area (Å²) in [7, 11) is 0. The molecule has 0 bridgehead atoms. The largest absolute Gasteiger partial charge is 0.361 e. The van der Waals surface area contributed by atoms with E-state index in [9.17, 15) is 0 Å². The molecule has 0 saturated heterocycles. The van der Waals surface area contributed by atoms with Crippen molar-refractivity contribution in [2.45, 2.75) is 17.9 Å².